The molecule has 38 heavy (non-hydrogen) atoms. The van der Waals surface area contributed by atoms with E-state index in [0.717, 1.165) is 34.6 Å². The molecule has 2 aromatic rings. The summed E-state index contributed by atoms with van der Waals surface area (Å²) in [5.74, 6) is 3.01. The molecule has 0 radical (unpaired) electrons. The highest BCUT2D eigenvalue weighted by Gasteiger charge is 2.52. The number of amides is 1. The van der Waals surface area contributed by atoms with Gasteiger partial charge in [-0.2, -0.15) is 0 Å². The van der Waals surface area contributed by atoms with Gasteiger partial charge in [-0.15, -0.1) is 0 Å². The van der Waals surface area contributed by atoms with Crippen molar-refractivity contribution in [3.8, 4) is 5.75 Å². The maximum Gasteiger partial charge on any atom is 0.251 e. The number of carbonyl (C=O) groups excluding carboxylic acids is 2. The van der Waals surface area contributed by atoms with E-state index >= 15 is 0 Å². The van der Waals surface area contributed by atoms with Gasteiger partial charge >= 0.3 is 0 Å². The molecule has 0 saturated heterocycles. The van der Waals surface area contributed by atoms with Crippen molar-refractivity contribution in [1.82, 2.24) is 5.32 Å². The number of hydrogen-bond acceptors (Lipinski definition) is 5. The van der Waals surface area contributed by atoms with Crippen LogP contribution < -0.4 is 10.1 Å². The molecular weight excluding hydrogens is 478 g/mol. The molecule has 0 aliphatic heterocycles. The fourth-order valence-corrected chi connectivity index (χ4v) is 7.20. The molecule has 2 aromatic carbocycles. The molecule has 1 amide bonds. The van der Waals surface area contributed by atoms with Gasteiger partial charge in [-0.3, -0.25) is 9.59 Å². The summed E-state index contributed by atoms with van der Waals surface area (Å²) in [5.41, 5.74) is 3.39. The van der Waals surface area contributed by atoms with Crippen LogP contribution in [0.3, 0.4) is 0 Å². The molecule has 6 heteroatoms. The number of ether oxygens (including phenoxy) is 3. The van der Waals surface area contributed by atoms with Crippen LogP contribution in [0.4, 0.5) is 0 Å². The number of hydrogen-bond donors (Lipinski definition) is 1. The lowest BCUT2D eigenvalue weighted by Crippen LogP contribution is -2.48. The maximum atomic E-state index is 13.3. The smallest absolute Gasteiger partial charge is 0.251 e. The molecule has 4 fully saturated rings. The highest BCUT2D eigenvalue weighted by Crippen LogP contribution is 2.62. The molecule has 4 aliphatic rings. The number of ketones is 1. The summed E-state index contributed by atoms with van der Waals surface area (Å²) < 4.78 is 17.0. The summed E-state index contributed by atoms with van der Waals surface area (Å²) in [6.45, 7) is 4.42. The standard InChI is InChI=1S/C32H39NO5/c1-4-33-31(35)26-8-5-22(6-9-26)7-11-29(34)27-10-12-30(38-20-37-21(2)36-3)28(16-27)32-17-23-13-24(18-32)15-25(14-23)19-32/h5-12,16,21,23-25H,4,13-15,17-20H2,1-3H3,(H,33,35). The second-order valence-electron chi connectivity index (χ2n) is 11.3. The normalized spacial score (nSPS) is 26.4. The molecule has 4 aliphatic carbocycles. The first-order valence-corrected chi connectivity index (χ1v) is 13.9. The van der Waals surface area contributed by atoms with E-state index in [2.05, 4.69) is 11.4 Å². The fraction of sp³-hybridized carbons (Fsp3) is 0.500. The first-order valence-electron chi connectivity index (χ1n) is 13.9. The average Bonchev–Trinajstić information content (AvgIpc) is 2.91. The van der Waals surface area contributed by atoms with E-state index in [1.54, 1.807) is 31.4 Å². The van der Waals surface area contributed by atoms with E-state index in [1.807, 2.05) is 38.1 Å². The van der Waals surface area contributed by atoms with E-state index in [-0.39, 0.29) is 30.2 Å². The van der Waals surface area contributed by atoms with Gasteiger partial charge in [-0.25, -0.2) is 0 Å². The SMILES string of the molecule is CCNC(=O)c1ccc(C=CC(=O)c2ccc(OCOC(C)OC)c(C34CC5CC(CC(C5)C3)C4)c2)cc1. The summed E-state index contributed by atoms with van der Waals surface area (Å²) >= 11 is 0. The second kappa shape index (κ2) is 11.4. The molecule has 0 heterocycles. The highest BCUT2D eigenvalue weighted by molar-refractivity contribution is 6.07. The van der Waals surface area contributed by atoms with Crippen LogP contribution in [0.25, 0.3) is 6.08 Å². The predicted molar refractivity (Wildman–Crippen MR) is 147 cm³/mol. The minimum absolute atomic E-state index is 0.0420. The van der Waals surface area contributed by atoms with Gasteiger partial charge in [0.05, 0.1) is 0 Å². The van der Waals surface area contributed by atoms with E-state index in [4.69, 9.17) is 14.2 Å². The van der Waals surface area contributed by atoms with Gasteiger partial charge < -0.3 is 19.5 Å². The number of benzene rings is 2. The van der Waals surface area contributed by atoms with Gasteiger partial charge in [0.1, 0.15) is 5.75 Å². The number of methoxy groups -OCH3 is 1. The monoisotopic (exact) mass is 517 g/mol. The van der Waals surface area contributed by atoms with Gasteiger partial charge in [-0.05, 0) is 118 Å². The van der Waals surface area contributed by atoms with Crippen molar-refractivity contribution in [2.24, 2.45) is 17.8 Å². The Bertz CT molecular complexity index is 1150. The fourth-order valence-electron chi connectivity index (χ4n) is 7.20. The van der Waals surface area contributed by atoms with Gasteiger partial charge in [-0.1, -0.05) is 18.2 Å². The summed E-state index contributed by atoms with van der Waals surface area (Å²) in [6, 6.07) is 13.1. The third kappa shape index (κ3) is 5.71. The van der Waals surface area contributed by atoms with Crippen molar-refractivity contribution in [3.63, 3.8) is 0 Å². The highest BCUT2D eigenvalue weighted by atomic mass is 16.7. The summed E-state index contributed by atoms with van der Waals surface area (Å²) in [5, 5.41) is 2.80. The topological polar surface area (TPSA) is 73.9 Å². The number of carbonyl (C=O) groups is 2. The Hall–Kier alpha value is -2.96. The van der Waals surface area contributed by atoms with E-state index in [9.17, 15) is 9.59 Å². The Morgan fingerprint density at radius 3 is 2.24 bits per heavy atom. The molecule has 0 spiro atoms. The Morgan fingerprint density at radius 1 is 1.00 bits per heavy atom. The van der Waals surface area contributed by atoms with Crippen molar-refractivity contribution >= 4 is 17.8 Å². The largest absolute Gasteiger partial charge is 0.467 e. The van der Waals surface area contributed by atoms with Crippen LogP contribution in [0.15, 0.2) is 48.5 Å². The van der Waals surface area contributed by atoms with Gasteiger partial charge in [0, 0.05) is 30.3 Å². The Labute approximate surface area is 225 Å². The average molecular weight is 518 g/mol. The number of rotatable bonds is 11. The van der Waals surface area contributed by atoms with Crippen LogP contribution in [0.2, 0.25) is 0 Å². The summed E-state index contributed by atoms with van der Waals surface area (Å²) in [6.07, 6.45) is 10.7. The Balaban J connectivity index is 1.37. The van der Waals surface area contributed by atoms with Crippen molar-refractivity contribution in [1.29, 1.82) is 0 Å². The van der Waals surface area contributed by atoms with Crippen LogP contribution in [-0.4, -0.2) is 38.4 Å². The first kappa shape index (κ1) is 26.6. The van der Waals surface area contributed by atoms with Crippen LogP contribution in [-0.2, 0) is 14.9 Å². The quantitative estimate of drug-likeness (QED) is 0.220. The molecule has 1 atom stereocenters. The Kier molecular flexibility index (Phi) is 8.01. The number of allylic oxidation sites excluding steroid dienone is 1. The van der Waals surface area contributed by atoms with Crippen molar-refractivity contribution in [2.75, 3.05) is 20.4 Å². The van der Waals surface area contributed by atoms with E-state index in [0.29, 0.717) is 17.7 Å². The van der Waals surface area contributed by atoms with Crippen molar-refractivity contribution in [3.05, 3.63) is 70.8 Å². The third-order valence-corrected chi connectivity index (χ3v) is 8.66. The van der Waals surface area contributed by atoms with Crippen LogP contribution in [0.1, 0.15) is 84.2 Å². The lowest BCUT2D eigenvalue weighted by Gasteiger charge is -2.57. The summed E-state index contributed by atoms with van der Waals surface area (Å²) in [7, 11) is 1.61. The third-order valence-electron chi connectivity index (χ3n) is 8.66. The van der Waals surface area contributed by atoms with Gasteiger partial charge in [0.2, 0.25) is 0 Å². The zero-order valence-corrected chi connectivity index (χ0v) is 22.7. The van der Waals surface area contributed by atoms with Gasteiger partial charge in [0.15, 0.2) is 18.9 Å². The molecule has 6 nitrogen and oxygen atoms in total. The van der Waals surface area contributed by atoms with Crippen LogP contribution in [0.5, 0.6) is 5.75 Å². The molecule has 1 N–H and O–H groups in total. The molecule has 6 rings (SSSR count). The molecule has 1 unspecified atom stereocenters. The zero-order valence-electron chi connectivity index (χ0n) is 22.7. The second-order valence-corrected chi connectivity index (χ2v) is 11.3. The Morgan fingerprint density at radius 2 is 1.63 bits per heavy atom. The predicted octanol–water partition coefficient (Wildman–Crippen LogP) is 6.15. The van der Waals surface area contributed by atoms with Crippen LogP contribution >= 0.6 is 0 Å². The molecule has 4 saturated carbocycles. The lowest BCUT2D eigenvalue weighted by molar-refractivity contribution is -0.150. The van der Waals surface area contributed by atoms with Crippen LogP contribution in [0, 0.1) is 17.8 Å². The van der Waals surface area contributed by atoms with Gasteiger partial charge in [0.25, 0.3) is 5.91 Å². The first-order chi connectivity index (χ1) is 18.4. The minimum atomic E-state index is -0.348. The van der Waals surface area contributed by atoms with E-state index < -0.39 is 0 Å². The zero-order chi connectivity index (χ0) is 26.7. The maximum absolute atomic E-state index is 13.3. The van der Waals surface area contributed by atoms with E-state index in [1.165, 1.54) is 38.5 Å². The lowest BCUT2D eigenvalue weighted by atomic mass is 9.48. The summed E-state index contributed by atoms with van der Waals surface area (Å²) in [4.78, 5) is 25.3. The van der Waals surface area contributed by atoms with Crippen molar-refractivity contribution in [2.45, 2.75) is 64.1 Å². The number of nitrogens with one attached hydrogen (secondary N) is 1. The molecule has 0 aromatic heterocycles. The molecule has 202 valence electrons. The van der Waals surface area contributed by atoms with Crippen molar-refractivity contribution < 1.29 is 23.8 Å². The minimum Gasteiger partial charge on any atom is -0.467 e. The molecule has 4 bridgehead atoms. The molecular formula is C32H39NO5.